The Balaban J connectivity index is 1.88. The van der Waals surface area contributed by atoms with E-state index in [0.29, 0.717) is 28.3 Å². The molecule has 0 bridgehead atoms. The summed E-state index contributed by atoms with van der Waals surface area (Å²) in [6, 6.07) is 9.13. The van der Waals surface area contributed by atoms with Gasteiger partial charge in [0.05, 0.1) is 23.9 Å². The van der Waals surface area contributed by atoms with Crippen LogP contribution in [0.2, 0.25) is 0 Å². The zero-order valence-electron chi connectivity index (χ0n) is 14.4. The SMILES string of the molecule is [C-]#[N+]c1cnc2ccc(-c3c(-c4ccc(F)cc4)ncn3CCC(F)F)nn12. The van der Waals surface area contributed by atoms with Crippen molar-refractivity contribution in [2.24, 2.45) is 0 Å². The van der Waals surface area contributed by atoms with Gasteiger partial charge in [-0.05, 0) is 30.3 Å². The lowest BCUT2D eigenvalue weighted by atomic mass is 10.1. The molecule has 0 spiro atoms. The molecule has 9 heteroatoms. The van der Waals surface area contributed by atoms with Crippen LogP contribution in [0.1, 0.15) is 6.42 Å². The Hall–Kier alpha value is -3.67. The minimum atomic E-state index is -2.46. The first-order valence-corrected chi connectivity index (χ1v) is 8.38. The zero-order chi connectivity index (χ0) is 19.7. The summed E-state index contributed by atoms with van der Waals surface area (Å²) in [5.41, 5.74) is 2.58. The number of hydrogen-bond donors (Lipinski definition) is 0. The molecule has 0 aliphatic rings. The summed E-state index contributed by atoms with van der Waals surface area (Å²) in [5.74, 6) is -0.152. The van der Waals surface area contributed by atoms with Crippen LogP contribution in [0.25, 0.3) is 33.1 Å². The molecule has 0 aliphatic heterocycles. The molecule has 3 heterocycles. The van der Waals surface area contributed by atoms with E-state index < -0.39 is 6.43 Å². The van der Waals surface area contributed by atoms with E-state index in [-0.39, 0.29) is 24.6 Å². The van der Waals surface area contributed by atoms with Crippen molar-refractivity contribution in [3.63, 3.8) is 0 Å². The Morgan fingerprint density at radius 2 is 1.86 bits per heavy atom. The zero-order valence-corrected chi connectivity index (χ0v) is 14.4. The number of nitrogens with zero attached hydrogens (tertiary/aromatic N) is 6. The van der Waals surface area contributed by atoms with Crippen molar-refractivity contribution in [2.75, 3.05) is 0 Å². The van der Waals surface area contributed by atoms with Crippen molar-refractivity contribution in [3.8, 4) is 22.6 Å². The van der Waals surface area contributed by atoms with Crippen molar-refractivity contribution in [1.29, 1.82) is 0 Å². The average Bonchev–Trinajstić information content (AvgIpc) is 3.30. The minimum absolute atomic E-state index is 0.0422. The highest BCUT2D eigenvalue weighted by Gasteiger charge is 2.19. The molecule has 0 N–H and O–H groups in total. The Bertz CT molecular complexity index is 1170. The number of imidazole rings is 2. The number of hydrogen-bond acceptors (Lipinski definition) is 3. The van der Waals surface area contributed by atoms with Crippen molar-refractivity contribution < 1.29 is 13.2 Å². The fourth-order valence-corrected chi connectivity index (χ4v) is 2.94. The summed E-state index contributed by atoms with van der Waals surface area (Å²) in [5, 5.41) is 4.46. The molecular formula is C19H13F3N6. The maximum atomic E-state index is 13.3. The molecule has 140 valence electrons. The number of rotatable bonds is 5. The van der Waals surface area contributed by atoms with Gasteiger partial charge in [0, 0.05) is 24.6 Å². The van der Waals surface area contributed by atoms with Crippen molar-refractivity contribution >= 4 is 11.5 Å². The topological polar surface area (TPSA) is 52.4 Å². The monoisotopic (exact) mass is 382 g/mol. The molecule has 0 unspecified atom stereocenters. The Labute approximate surface area is 157 Å². The van der Waals surface area contributed by atoms with Crippen LogP contribution < -0.4 is 0 Å². The molecule has 0 aliphatic carbocycles. The highest BCUT2D eigenvalue weighted by molar-refractivity contribution is 5.77. The molecule has 4 aromatic rings. The molecular weight excluding hydrogens is 369 g/mol. The highest BCUT2D eigenvalue weighted by atomic mass is 19.3. The van der Waals surface area contributed by atoms with Crippen LogP contribution in [0, 0.1) is 12.4 Å². The molecule has 0 atom stereocenters. The lowest BCUT2D eigenvalue weighted by Crippen LogP contribution is -2.05. The Kier molecular flexibility index (Phi) is 4.53. The van der Waals surface area contributed by atoms with Crippen LogP contribution in [0.5, 0.6) is 0 Å². The van der Waals surface area contributed by atoms with Gasteiger partial charge in [0.25, 0.3) is 5.82 Å². The minimum Gasteiger partial charge on any atom is -0.360 e. The first kappa shape index (κ1) is 17.7. The number of benzene rings is 1. The first-order chi connectivity index (χ1) is 13.6. The lowest BCUT2D eigenvalue weighted by Gasteiger charge is -2.09. The fourth-order valence-electron chi connectivity index (χ4n) is 2.94. The number of fused-ring (bicyclic) bond motifs is 1. The van der Waals surface area contributed by atoms with Gasteiger partial charge in [-0.3, -0.25) is 0 Å². The van der Waals surface area contributed by atoms with Crippen LogP contribution in [-0.4, -0.2) is 30.6 Å². The molecule has 28 heavy (non-hydrogen) atoms. The summed E-state index contributed by atoms with van der Waals surface area (Å²) in [7, 11) is 0. The molecule has 6 nitrogen and oxygen atoms in total. The quantitative estimate of drug-likeness (QED) is 0.474. The van der Waals surface area contributed by atoms with Crippen LogP contribution in [0.3, 0.4) is 0 Å². The Morgan fingerprint density at radius 3 is 2.57 bits per heavy atom. The standard InChI is InChI=1S/C19H13F3N6/c1-23-17-10-24-16-7-6-14(26-28(16)17)19-18(12-2-4-13(20)5-3-12)25-11-27(19)9-8-15(21)22/h2-7,10-11,15H,8-9H2. The second-order valence-electron chi connectivity index (χ2n) is 6.04. The number of halogens is 3. The predicted molar refractivity (Wildman–Crippen MR) is 96.5 cm³/mol. The van der Waals surface area contributed by atoms with E-state index in [9.17, 15) is 13.2 Å². The predicted octanol–water partition coefficient (Wildman–Crippen LogP) is 4.60. The van der Waals surface area contributed by atoms with Gasteiger partial charge < -0.3 is 9.41 Å². The van der Waals surface area contributed by atoms with E-state index >= 15 is 0 Å². The maximum Gasteiger partial charge on any atom is 0.275 e. The average molecular weight is 382 g/mol. The first-order valence-electron chi connectivity index (χ1n) is 8.38. The smallest absolute Gasteiger partial charge is 0.275 e. The molecule has 4 rings (SSSR count). The van der Waals surface area contributed by atoms with Gasteiger partial charge in [0.1, 0.15) is 11.5 Å². The normalized spacial score (nSPS) is 11.2. The molecule has 3 aromatic heterocycles. The molecule has 0 saturated heterocycles. The van der Waals surface area contributed by atoms with Crippen LogP contribution >= 0.6 is 0 Å². The maximum absolute atomic E-state index is 13.3. The molecule has 0 saturated carbocycles. The van der Waals surface area contributed by atoms with Gasteiger partial charge in [0.2, 0.25) is 12.1 Å². The molecule has 1 aromatic carbocycles. The molecule has 0 amide bonds. The second-order valence-corrected chi connectivity index (χ2v) is 6.04. The van der Waals surface area contributed by atoms with E-state index in [1.165, 1.54) is 29.2 Å². The third-order valence-corrected chi connectivity index (χ3v) is 4.25. The second kappa shape index (κ2) is 7.15. The molecule has 0 fully saturated rings. The van der Waals surface area contributed by atoms with Gasteiger partial charge in [-0.2, -0.15) is 0 Å². The number of alkyl halides is 2. The lowest BCUT2D eigenvalue weighted by molar-refractivity contribution is 0.131. The third kappa shape index (κ3) is 3.20. The van der Waals surface area contributed by atoms with E-state index in [1.54, 1.807) is 28.8 Å². The summed E-state index contributed by atoms with van der Waals surface area (Å²) < 4.78 is 41.8. The fraction of sp³-hybridized carbons (Fsp3) is 0.158. The van der Waals surface area contributed by atoms with E-state index in [4.69, 9.17) is 6.57 Å². The number of aromatic nitrogens is 5. The number of aryl methyl sites for hydroxylation is 1. The van der Waals surface area contributed by atoms with Gasteiger partial charge in [0.15, 0.2) is 0 Å². The van der Waals surface area contributed by atoms with Gasteiger partial charge in [-0.25, -0.2) is 23.1 Å². The third-order valence-electron chi connectivity index (χ3n) is 4.25. The van der Waals surface area contributed by atoms with Crippen molar-refractivity contribution in [3.05, 3.63) is 66.2 Å². The van der Waals surface area contributed by atoms with E-state index in [0.717, 1.165) is 0 Å². The summed E-state index contributed by atoms with van der Waals surface area (Å²) >= 11 is 0. The summed E-state index contributed by atoms with van der Waals surface area (Å²) in [6.45, 7) is 7.27. The molecule has 0 radical (unpaired) electrons. The largest absolute Gasteiger partial charge is 0.360 e. The van der Waals surface area contributed by atoms with Crippen LogP contribution in [0.15, 0.2) is 48.9 Å². The van der Waals surface area contributed by atoms with Gasteiger partial charge in [-0.15, -0.1) is 4.52 Å². The Morgan fingerprint density at radius 1 is 1.07 bits per heavy atom. The summed E-state index contributed by atoms with van der Waals surface area (Å²) in [6.07, 6.45) is 0.0784. The summed E-state index contributed by atoms with van der Waals surface area (Å²) in [4.78, 5) is 11.8. The van der Waals surface area contributed by atoms with Crippen LogP contribution in [-0.2, 0) is 6.54 Å². The van der Waals surface area contributed by atoms with Gasteiger partial charge >= 0.3 is 0 Å². The van der Waals surface area contributed by atoms with Crippen LogP contribution in [0.4, 0.5) is 19.0 Å². The van der Waals surface area contributed by atoms with Gasteiger partial charge in [-0.1, -0.05) is 11.7 Å². The van der Waals surface area contributed by atoms with Crippen molar-refractivity contribution in [1.82, 2.24) is 24.1 Å². The van der Waals surface area contributed by atoms with E-state index in [1.807, 2.05) is 0 Å². The van der Waals surface area contributed by atoms with Crippen molar-refractivity contribution in [2.45, 2.75) is 19.4 Å². The van der Waals surface area contributed by atoms with E-state index in [2.05, 4.69) is 19.9 Å². The highest BCUT2D eigenvalue weighted by Crippen LogP contribution is 2.31.